The Bertz CT molecular complexity index is 1210. The van der Waals surface area contributed by atoms with Crippen LogP contribution in [0.2, 0.25) is 0 Å². The van der Waals surface area contributed by atoms with Crippen molar-refractivity contribution >= 4 is 43.5 Å². The molecule has 0 aliphatic carbocycles. The molecule has 1 amide bonds. The predicted octanol–water partition coefficient (Wildman–Crippen LogP) is 3.61. The zero-order chi connectivity index (χ0) is 24.6. The lowest BCUT2D eigenvalue weighted by Gasteiger charge is -2.29. The first kappa shape index (κ1) is 24.9. The number of hydrogen-bond donors (Lipinski definition) is 1. The van der Waals surface area contributed by atoms with Crippen LogP contribution in [0.1, 0.15) is 23.2 Å². The number of aryl methyl sites for hydroxylation is 1. The third-order valence-electron chi connectivity index (χ3n) is 4.84. The van der Waals surface area contributed by atoms with Gasteiger partial charge in [0.05, 0.1) is 11.8 Å². The average molecular weight is 547 g/mol. The molecule has 176 valence electrons. The summed E-state index contributed by atoms with van der Waals surface area (Å²) in [7, 11) is -3.99. The standard InChI is InChI=1S/C20H18BrF3N4O4S/c1-11-9-15(20(22,23)24)14(10-25)18(26-11)28-8-7-16(32-33(2,30)31)17(28)19(29)27-13-5-3-12(21)4-6-13/h3-6,9,16-17H,7-8H2,1-2H3,(H,27,29)/t16-,17-/m0/s1. The number of halogens is 4. The van der Waals surface area contributed by atoms with Gasteiger partial charge in [-0.1, -0.05) is 15.9 Å². The van der Waals surface area contributed by atoms with E-state index in [9.17, 15) is 31.6 Å². The summed E-state index contributed by atoms with van der Waals surface area (Å²) in [5, 5.41) is 12.1. The summed E-state index contributed by atoms with van der Waals surface area (Å²) < 4.78 is 70.1. The molecule has 0 radical (unpaired) electrons. The third kappa shape index (κ3) is 5.82. The number of aromatic nitrogens is 1. The molecular weight excluding hydrogens is 529 g/mol. The van der Waals surface area contributed by atoms with Crippen LogP contribution in [-0.4, -0.2) is 44.3 Å². The van der Waals surface area contributed by atoms with Gasteiger partial charge in [-0.05, 0) is 43.7 Å². The molecule has 8 nitrogen and oxygen atoms in total. The Labute approximate surface area is 196 Å². The second-order valence-corrected chi connectivity index (χ2v) is 9.90. The first-order valence-electron chi connectivity index (χ1n) is 9.50. The SMILES string of the molecule is Cc1cc(C(F)(F)F)c(C#N)c(N2CC[C@H](OS(C)(=O)=O)[C@H]2C(=O)Nc2ccc(Br)cc2)n1. The summed E-state index contributed by atoms with van der Waals surface area (Å²) >= 11 is 3.27. The monoisotopic (exact) mass is 546 g/mol. The van der Waals surface area contributed by atoms with Crippen molar-refractivity contribution in [3.05, 3.63) is 51.6 Å². The first-order valence-corrected chi connectivity index (χ1v) is 12.1. The van der Waals surface area contributed by atoms with Crippen LogP contribution in [0.4, 0.5) is 24.7 Å². The topological polar surface area (TPSA) is 112 Å². The average Bonchev–Trinajstić information content (AvgIpc) is 3.10. The maximum Gasteiger partial charge on any atom is 0.417 e. The van der Waals surface area contributed by atoms with Crippen molar-refractivity contribution in [2.24, 2.45) is 0 Å². The molecule has 0 bridgehead atoms. The number of alkyl halides is 3. The second kappa shape index (κ2) is 9.28. The fraction of sp³-hybridized carbons (Fsp3) is 0.350. The quantitative estimate of drug-likeness (QED) is 0.570. The van der Waals surface area contributed by atoms with Crippen molar-refractivity contribution < 1.29 is 30.6 Å². The van der Waals surface area contributed by atoms with E-state index < -0.39 is 45.5 Å². The minimum atomic E-state index is -4.83. The molecule has 2 aromatic rings. The van der Waals surface area contributed by atoms with Crippen LogP contribution in [0, 0.1) is 18.3 Å². The van der Waals surface area contributed by atoms with E-state index in [0.29, 0.717) is 5.69 Å². The minimum Gasteiger partial charge on any atom is -0.341 e. The van der Waals surface area contributed by atoms with Crippen molar-refractivity contribution in [2.75, 3.05) is 23.0 Å². The van der Waals surface area contributed by atoms with Gasteiger partial charge in [0.15, 0.2) is 0 Å². The van der Waals surface area contributed by atoms with Crippen LogP contribution in [0.15, 0.2) is 34.8 Å². The lowest BCUT2D eigenvalue weighted by Crippen LogP contribution is -2.47. The second-order valence-electron chi connectivity index (χ2n) is 7.38. The molecule has 1 N–H and O–H groups in total. The number of carbonyl (C=O) groups is 1. The largest absolute Gasteiger partial charge is 0.417 e. The van der Waals surface area contributed by atoms with E-state index in [0.717, 1.165) is 16.8 Å². The molecule has 13 heteroatoms. The number of hydrogen-bond acceptors (Lipinski definition) is 7. The molecular formula is C20H18BrF3N4O4S. The highest BCUT2D eigenvalue weighted by molar-refractivity contribution is 9.10. The molecule has 1 aromatic heterocycles. The van der Waals surface area contributed by atoms with Gasteiger partial charge in [-0.2, -0.15) is 26.9 Å². The molecule has 1 saturated heterocycles. The molecule has 2 atom stereocenters. The van der Waals surface area contributed by atoms with Crippen LogP contribution < -0.4 is 10.2 Å². The molecule has 0 saturated carbocycles. The van der Waals surface area contributed by atoms with Crippen molar-refractivity contribution in [1.82, 2.24) is 4.98 Å². The van der Waals surface area contributed by atoms with Crippen LogP contribution in [0.3, 0.4) is 0 Å². The van der Waals surface area contributed by atoms with Gasteiger partial charge in [0.25, 0.3) is 10.1 Å². The number of amides is 1. The fourth-order valence-electron chi connectivity index (χ4n) is 3.59. The molecule has 3 rings (SSSR count). The number of anilines is 2. The van der Waals surface area contributed by atoms with E-state index in [1.807, 2.05) is 0 Å². The van der Waals surface area contributed by atoms with Crippen LogP contribution in [0.5, 0.6) is 0 Å². The Hall–Kier alpha value is -2.69. The van der Waals surface area contributed by atoms with Crippen LogP contribution in [-0.2, 0) is 25.3 Å². The van der Waals surface area contributed by atoms with Crippen molar-refractivity contribution in [2.45, 2.75) is 31.7 Å². The number of nitrogens with one attached hydrogen (secondary N) is 1. The molecule has 1 fully saturated rings. The van der Waals surface area contributed by atoms with Gasteiger partial charge in [0.2, 0.25) is 5.91 Å². The van der Waals surface area contributed by atoms with Crippen molar-refractivity contribution in [3.63, 3.8) is 0 Å². The van der Waals surface area contributed by atoms with Gasteiger partial charge in [0, 0.05) is 22.4 Å². The van der Waals surface area contributed by atoms with E-state index >= 15 is 0 Å². The van der Waals surface area contributed by atoms with Gasteiger partial charge in [0.1, 0.15) is 29.6 Å². The third-order valence-corrected chi connectivity index (χ3v) is 5.96. The number of pyridine rings is 1. The Morgan fingerprint density at radius 2 is 1.97 bits per heavy atom. The molecule has 33 heavy (non-hydrogen) atoms. The summed E-state index contributed by atoms with van der Waals surface area (Å²) in [4.78, 5) is 18.5. The van der Waals surface area contributed by atoms with Crippen molar-refractivity contribution in [1.29, 1.82) is 5.26 Å². The number of benzene rings is 1. The zero-order valence-corrected chi connectivity index (χ0v) is 19.8. The van der Waals surface area contributed by atoms with E-state index in [-0.39, 0.29) is 24.5 Å². The summed E-state index contributed by atoms with van der Waals surface area (Å²) in [5.41, 5.74) is -1.58. The number of nitrogens with zero attached hydrogens (tertiary/aromatic N) is 3. The van der Waals surface area contributed by atoms with E-state index in [4.69, 9.17) is 4.18 Å². The van der Waals surface area contributed by atoms with Gasteiger partial charge < -0.3 is 10.2 Å². The van der Waals surface area contributed by atoms with E-state index in [1.54, 1.807) is 24.3 Å². The van der Waals surface area contributed by atoms with Crippen molar-refractivity contribution in [3.8, 4) is 6.07 Å². The molecule has 1 aliphatic rings. The highest BCUT2D eigenvalue weighted by Gasteiger charge is 2.45. The molecule has 1 aliphatic heterocycles. The highest BCUT2D eigenvalue weighted by atomic mass is 79.9. The number of carbonyl (C=O) groups excluding carboxylic acids is 1. The lowest BCUT2D eigenvalue weighted by atomic mass is 10.1. The maximum atomic E-state index is 13.6. The van der Waals surface area contributed by atoms with Crippen LogP contribution in [0.25, 0.3) is 0 Å². The number of nitriles is 1. The molecule has 2 heterocycles. The normalized spacial score (nSPS) is 18.8. The molecule has 1 aromatic carbocycles. The highest BCUT2D eigenvalue weighted by Crippen LogP contribution is 2.38. The van der Waals surface area contributed by atoms with Gasteiger partial charge >= 0.3 is 6.18 Å². The maximum absolute atomic E-state index is 13.6. The Morgan fingerprint density at radius 3 is 2.52 bits per heavy atom. The van der Waals surface area contributed by atoms with E-state index in [2.05, 4.69) is 26.2 Å². The van der Waals surface area contributed by atoms with Crippen LogP contribution >= 0.6 is 15.9 Å². The zero-order valence-electron chi connectivity index (χ0n) is 17.4. The lowest BCUT2D eigenvalue weighted by molar-refractivity contribution is -0.137. The van der Waals surface area contributed by atoms with Gasteiger partial charge in [-0.3, -0.25) is 8.98 Å². The summed E-state index contributed by atoms with van der Waals surface area (Å²) in [6.45, 7) is 1.28. The Morgan fingerprint density at radius 1 is 1.33 bits per heavy atom. The molecule has 0 unspecified atom stereocenters. The summed E-state index contributed by atoms with van der Waals surface area (Å²) in [6.07, 6.45) is -5.20. The number of rotatable bonds is 5. The predicted molar refractivity (Wildman–Crippen MR) is 117 cm³/mol. The smallest absolute Gasteiger partial charge is 0.341 e. The summed E-state index contributed by atoms with van der Waals surface area (Å²) in [5.74, 6) is -1.08. The Kier molecular flexibility index (Phi) is 7.01. The Balaban J connectivity index is 2.08. The van der Waals surface area contributed by atoms with Gasteiger partial charge in [-0.25, -0.2) is 4.98 Å². The minimum absolute atomic E-state index is 0.00728. The first-order chi connectivity index (χ1) is 15.3. The van der Waals surface area contributed by atoms with Gasteiger partial charge in [-0.15, -0.1) is 0 Å². The fourth-order valence-corrected chi connectivity index (χ4v) is 4.50. The molecule has 0 spiro atoms. The van der Waals surface area contributed by atoms with E-state index in [1.165, 1.54) is 17.9 Å². The summed E-state index contributed by atoms with van der Waals surface area (Å²) in [6, 6.07) is 7.43.